The molecule has 2 aromatic carbocycles. The van der Waals surface area contributed by atoms with Crippen LogP contribution in [0, 0.1) is 0 Å². The minimum atomic E-state index is -0.654. The van der Waals surface area contributed by atoms with Gasteiger partial charge < -0.3 is 10.1 Å². The van der Waals surface area contributed by atoms with Crippen molar-refractivity contribution in [2.24, 2.45) is 0 Å². The summed E-state index contributed by atoms with van der Waals surface area (Å²) in [6, 6.07) is 13.8. The molecule has 1 atom stereocenters. The zero-order valence-electron chi connectivity index (χ0n) is 15.3. The van der Waals surface area contributed by atoms with E-state index in [1.54, 1.807) is 36.3 Å². The Hall–Kier alpha value is -2.90. The van der Waals surface area contributed by atoms with E-state index in [2.05, 4.69) is 10.3 Å². The number of amides is 2. The molecule has 8 heteroatoms. The van der Waals surface area contributed by atoms with E-state index in [-0.39, 0.29) is 18.2 Å². The van der Waals surface area contributed by atoms with Crippen molar-refractivity contribution < 1.29 is 14.3 Å². The zero-order chi connectivity index (χ0) is 19.7. The number of carbonyl (C=O) groups is 2. The van der Waals surface area contributed by atoms with Crippen molar-refractivity contribution >= 4 is 46.1 Å². The summed E-state index contributed by atoms with van der Waals surface area (Å²) in [5, 5.41) is 3.34. The fourth-order valence-corrected chi connectivity index (χ4v) is 3.63. The predicted octanol–water partition coefficient (Wildman–Crippen LogP) is 3.25. The number of anilines is 2. The summed E-state index contributed by atoms with van der Waals surface area (Å²) in [5.41, 5.74) is 2.20. The van der Waals surface area contributed by atoms with E-state index in [1.807, 2.05) is 28.8 Å². The minimum Gasteiger partial charge on any atom is -0.383 e. The summed E-state index contributed by atoms with van der Waals surface area (Å²) in [7, 11) is 1.58. The molecule has 0 bridgehead atoms. The Kier molecular flexibility index (Phi) is 5.02. The molecule has 1 aromatic heterocycles. The van der Waals surface area contributed by atoms with E-state index in [1.165, 1.54) is 0 Å². The molecule has 28 heavy (non-hydrogen) atoms. The second-order valence-corrected chi connectivity index (χ2v) is 6.97. The van der Waals surface area contributed by atoms with Gasteiger partial charge in [0.2, 0.25) is 11.9 Å². The van der Waals surface area contributed by atoms with Gasteiger partial charge in [-0.15, -0.1) is 0 Å². The van der Waals surface area contributed by atoms with Gasteiger partial charge in [-0.25, -0.2) is 4.98 Å². The number of hydrogen-bond acceptors (Lipinski definition) is 4. The first-order chi connectivity index (χ1) is 13.6. The van der Waals surface area contributed by atoms with Gasteiger partial charge in [0.15, 0.2) is 0 Å². The quantitative estimate of drug-likeness (QED) is 0.691. The largest absolute Gasteiger partial charge is 0.383 e. The fourth-order valence-electron chi connectivity index (χ4n) is 3.44. The summed E-state index contributed by atoms with van der Waals surface area (Å²) < 4.78 is 6.96. The molecule has 1 N–H and O–H groups in total. The number of hydrogen-bond donors (Lipinski definition) is 1. The predicted molar refractivity (Wildman–Crippen MR) is 108 cm³/mol. The highest BCUT2D eigenvalue weighted by Gasteiger charge is 2.40. The third-order valence-electron chi connectivity index (χ3n) is 4.69. The Labute approximate surface area is 166 Å². The Balaban J connectivity index is 1.63. The van der Waals surface area contributed by atoms with Crippen LogP contribution >= 0.6 is 11.6 Å². The van der Waals surface area contributed by atoms with Gasteiger partial charge in [-0.1, -0.05) is 29.8 Å². The van der Waals surface area contributed by atoms with Gasteiger partial charge in [0.05, 0.1) is 30.6 Å². The highest BCUT2D eigenvalue weighted by atomic mass is 35.5. The maximum atomic E-state index is 13.0. The van der Waals surface area contributed by atoms with E-state index in [0.717, 1.165) is 11.0 Å². The lowest BCUT2D eigenvalue weighted by atomic mass is 10.1. The van der Waals surface area contributed by atoms with E-state index in [0.29, 0.717) is 29.8 Å². The number of para-hydroxylation sites is 2. The van der Waals surface area contributed by atoms with Crippen LogP contribution in [0.3, 0.4) is 0 Å². The fraction of sp³-hybridized carbons (Fsp3) is 0.250. The number of fused-ring (bicyclic) bond motifs is 3. The van der Waals surface area contributed by atoms with Crippen LogP contribution in [0.2, 0.25) is 5.02 Å². The summed E-state index contributed by atoms with van der Waals surface area (Å²) in [6.45, 7) is 0.765. The number of halogens is 1. The first-order valence-corrected chi connectivity index (χ1v) is 9.29. The zero-order valence-corrected chi connectivity index (χ0v) is 16.0. The molecule has 0 saturated carbocycles. The number of aromatic nitrogens is 2. The lowest BCUT2D eigenvalue weighted by molar-refractivity contribution is -0.124. The van der Waals surface area contributed by atoms with E-state index in [9.17, 15) is 9.59 Å². The number of nitrogens with zero attached hydrogens (tertiary/aromatic N) is 3. The highest BCUT2D eigenvalue weighted by Crippen LogP contribution is 2.36. The SMILES string of the molecule is COCCN1C(=O)C(CC(=O)Nc2cccc(Cl)c2)n2c1nc1ccccc12. The molecule has 0 aliphatic carbocycles. The van der Waals surface area contributed by atoms with Crippen molar-refractivity contribution in [3.05, 3.63) is 53.6 Å². The Morgan fingerprint density at radius 2 is 2.07 bits per heavy atom. The maximum Gasteiger partial charge on any atom is 0.253 e. The van der Waals surface area contributed by atoms with Gasteiger partial charge in [0, 0.05) is 17.8 Å². The van der Waals surface area contributed by atoms with Crippen molar-refractivity contribution in [3.63, 3.8) is 0 Å². The third kappa shape index (κ3) is 3.34. The van der Waals surface area contributed by atoms with Gasteiger partial charge in [-0.2, -0.15) is 0 Å². The van der Waals surface area contributed by atoms with E-state index >= 15 is 0 Å². The maximum absolute atomic E-state index is 13.0. The first-order valence-electron chi connectivity index (χ1n) is 8.91. The van der Waals surface area contributed by atoms with E-state index in [4.69, 9.17) is 16.3 Å². The molecular weight excluding hydrogens is 380 g/mol. The van der Waals surface area contributed by atoms with Gasteiger partial charge in [-0.05, 0) is 30.3 Å². The van der Waals surface area contributed by atoms with Gasteiger partial charge in [-0.3, -0.25) is 19.1 Å². The number of imidazole rings is 1. The van der Waals surface area contributed by atoms with Crippen LogP contribution in [0.1, 0.15) is 12.5 Å². The lowest BCUT2D eigenvalue weighted by Crippen LogP contribution is -2.33. The van der Waals surface area contributed by atoms with Crippen LogP contribution in [-0.4, -0.2) is 41.6 Å². The summed E-state index contributed by atoms with van der Waals surface area (Å²) in [6.07, 6.45) is 0.00217. The second kappa shape index (κ2) is 7.61. The summed E-state index contributed by atoms with van der Waals surface area (Å²) >= 11 is 5.97. The third-order valence-corrected chi connectivity index (χ3v) is 4.92. The minimum absolute atomic E-state index is 0.00217. The number of nitrogens with one attached hydrogen (secondary N) is 1. The molecule has 1 aliphatic heterocycles. The molecule has 2 heterocycles. The molecule has 2 amide bonds. The molecule has 0 radical (unpaired) electrons. The number of ether oxygens (including phenoxy) is 1. The van der Waals surface area contributed by atoms with Crippen LogP contribution < -0.4 is 10.2 Å². The van der Waals surface area contributed by atoms with Gasteiger partial charge >= 0.3 is 0 Å². The molecule has 0 spiro atoms. The Bertz CT molecular complexity index is 1050. The van der Waals surface area contributed by atoms with Crippen LogP contribution in [-0.2, 0) is 14.3 Å². The monoisotopic (exact) mass is 398 g/mol. The first kappa shape index (κ1) is 18.5. The normalized spacial score (nSPS) is 15.9. The van der Waals surface area contributed by atoms with Crippen molar-refractivity contribution in [2.45, 2.75) is 12.5 Å². The van der Waals surface area contributed by atoms with Crippen molar-refractivity contribution in [1.82, 2.24) is 9.55 Å². The topological polar surface area (TPSA) is 76.5 Å². The van der Waals surface area contributed by atoms with Crippen LogP contribution in [0.15, 0.2) is 48.5 Å². The van der Waals surface area contributed by atoms with Crippen molar-refractivity contribution in [2.75, 3.05) is 30.5 Å². The molecular formula is C20H19ClN4O3. The number of rotatable bonds is 6. The summed E-state index contributed by atoms with van der Waals surface area (Å²) in [4.78, 5) is 31.8. The molecule has 1 aliphatic rings. The molecule has 3 aromatic rings. The average Bonchev–Trinajstić information content (AvgIpc) is 3.16. The number of carbonyl (C=O) groups excluding carboxylic acids is 2. The molecule has 1 unspecified atom stereocenters. The second-order valence-electron chi connectivity index (χ2n) is 6.53. The van der Waals surface area contributed by atoms with Crippen LogP contribution in [0.25, 0.3) is 11.0 Å². The van der Waals surface area contributed by atoms with Gasteiger partial charge in [0.1, 0.15) is 6.04 Å². The standard InChI is InChI=1S/C20H19ClN4O3/c1-28-10-9-24-19(27)17(12-18(26)22-14-6-4-5-13(21)11-14)25-16-8-3-2-7-15(16)23-20(24)25/h2-8,11,17H,9-10,12H2,1H3,(H,22,26). The van der Waals surface area contributed by atoms with Crippen molar-refractivity contribution in [3.8, 4) is 0 Å². The molecule has 7 nitrogen and oxygen atoms in total. The van der Waals surface area contributed by atoms with Crippen LogP contribution in [0.4, 0.5) is 11.6 Å². The molecule has 0 fully saturated rings. The van der Waals surface area contributed by atoms with Crippen LogP contribution in [0.5, 0.6) is 0 Å². The van der Waals surface area contributed by atoms with Crippen molar-refractivity contribution in [1.29, 1.82) is 0 Å². The molecule has 0 saturated heterocycles. The number of methoxy groups -OCH3 is 1. The summed E-state index contributed by atoms with van der Waals surface area (Å²) in [5.74, 6) is 0.119. The van der Waals surface area contributed by atoms with E-state index < -0.39 is 6.04 Å². The molecule has 144 valence electrons. The highest BCUT2D eigenvalue weighted by molar-refractivity contribution is 6.30. The smallest absolute Gasteiger partial charge is 0.253 e. The average molecular weight is 399 g/mol. The number of benzene rings is 2. The Morgan fingerprint density at radius 1 is 1.25 bits per heavy atom. The van der Waals surface area contributed by atoms with Gasteiger partial charge in [0.25, 0.3) is 5.91 Å². The lowest BCUT2D eigenvalue weighted by Gasteiger charge is -2.15. The molecule has 4 rings (SSSR count). The Morgan fingerprint density at radius 3 is 2.86 bits per heavy atom.